The van der Waals surface area contributed by atoms with E-state index in [2.05, 4.69) is 0 Å². The Bertz CT molecular complexity index is 473. The van der Waals surface area contributed by atoms with Crippen molar-refractivity contribution in [2.45, 2.75) is 12.5 Å². The van der Waals surface area contributed by atoms with Gasteiger partial charge in [-0.2, -0.15) is 11.8 Å². The predicted octanol–water partition coefficient (Wildman–Crippen LogP) is 3.92. The van der Waals surface area contributed by atoms with Crippen LogP contribution in [-0.4, -0.2) is 23.2 Å². The molecule has 20 heavy (non-hydrogen) atoms. The molecule has 0 fully saturated rings. The molecule has 1 N–H and O–H groups in total. The molecule has 1 atom stereocenters. The van der Waals surface area contributed by atoms with Crippen LogP contribution in [0.5, 0.6) is 5.75 Å². The summed E-state index contributed by atoms with van der Waals surface area (Å²) in [7, 11) is 0. The molecule has 0 heterocycles. The third kappa shape index (κ3) is 5.27. The lowest BCUT2D eigenvalue weighted by Crippen LogP contribution is -2.03. The van der Waals surface area contributed by atoms with Crippen LogP contribution in [0.3, 0.4) is 0 Å². The van der Waals surface area contributed by atoms with Gasteiger partial charge in [-0.3, -0.25) is 0 Å². The molecule has 1 unspecified atom stereocenters. The van der Waals surface area contributed by atoms with Crippen molar-refractivity contribution in [1.29, 1.82) is 0 Å². The Morgan fingerprint density at radius 2 is 1.60 bits per heavy atom. The second kappa shape index (κ2) is 8.67. The van der Waals surface area contributed by atoms with Crippen LogP contribution in [0.2, 0.25) is 0 Å². The summed E-state index contributed by atoms with van der Waals surface area (Å²) in [6.07, 6.45) is 0.609. The molecule has 0 aliphatic rings. The summed E-state index contributed by atoms with van der Waals surface area (Å²) >= 11 is 1.76. The smallest absolute Gasteiger partial charge is 0.119 e. The molecule has 0 aromatic heterocycles. The average Bonchev–Trinajstić information content (AvgIpc) is 2.52. The van der Waals surface area contributed by atoms with Crippen LogP contribution in [-0.2, 0) is 0 Å². The molecule has 106 valence electrons. The van der Waals surface area contributed by atoms with Crippen molar-refractivity contribution in [3.63, 3.8) is 0 Å². The summed E-state index contributed by atoms with van der Waals surface area (Å²) in [6.45, 7) is 0.721. The predicted molar refractivity (Wildman–Crippen MR) is 85.3 cm³/mol. The zero-order valence-corrected chi connectivity index (χ0v) is 12.3. The van der Waals surface area contributed by atoms with E-state index in [-0.39, 0.29) is 6.10 Å². The van der Waals surface area contributed by atoms with Gasteiger partial charge in [0, 0.05) is 5.75 Å². The fourth-order valence-electron chi connectivity index (χ4n) is 1.83. The van der Waals surface area contributed by atoms with Gasteiger partial charge in [0.25, 0.3) is 0 Å². The highest BCUT2D eigenvalue weighted by atomic mass is 32.2. The van der Waals surface area contributed by atoms with Crippen molar-refractivity contribution in [1.82, 2.24) is 0 Å². The first-order valence-corrected chi connectivity index (χ1v) is 8.00. The number of benzene rings is 2. The van der Waals surface area contributed by atoms with E-state index < -0.39 is 0 Å². The molecule has 0 saturated carbocycles. The highest BCUT2D eigenvalue weighted by Crippen LogP contribution is 2.18. The third-order valence-corrected chi connectivity index (χ3v) is 4.03. The van der Waals surface area contributed by atoms with Crippen molar-refractivity contribution >= 4 is 11.8 Å². The molecule has 2 aromatic carbocycles. The minimum atomic E-state index is -0.378. The van der Waals surface area contributed by atoms with Gasteiger partial charge in [-0.1, -0.05) is 48.5 Å². The van der Waals surface area contributed by atoms with Crippen molar-refractivity contribution in [2.75, 3.05) is 18.1 Å². The standard InChI is InChI=1S/C17H20O2S/c18-17(15-8-3-1-4-9-15)14-20-13-7-12-19-16-10-5-2-6-11-16/h1-6,8-11,17-18H,7,12-14H2. The lowest BCUT2D eigenvalue weighted by Gasteiger charge is -2.10. The third-order valence-electron chi connectivity index (χ3n) is 2.91. The minimum Gasteiger partial charge on any atom is -0.494 e. The summed E-state index contributed by atoms with van der Waals surface area (Å²) in [5.41, 5.74) is 0.987. The molecular weight excluding hydrogens is 268 g/mol. The first kappa shape index (κ1) is 14.9. The summed E-state index contributed by atoms with van der Waals surface area (Å²) in [5, 5.41) is 10.0. The SMILES string of the molecule is OC(CSCCCOc1ccccc1)c1ccccc1. The minimum absolute atomic E-state index is 0.378. The van der Waals surface area contributed by atoms with Crippen LogP contribution in [0.4, 0.5) is 0 Å². The first-order chi connectivity index (χ1) is 9.86. The normalized spacial score (nSPS) is 12.1. The van der Waals surface area contributed by atoms with Crippen molar-refractivity contribution < 1.29 is 9.84 Å². The van der Waals surface area contributed by atoms with Crippen LogP contribution in [0.15, 0.2) is 60.7 Å². The Morgan fingerprint density at radius 3 is 2.30 bits per heavy atom. The van der Waals surface area contributed by atoms with E-state index in [4.69, 9.17) is 4.74 Å². The fraction of sp³-hybridized carbons (Fsp3) is 0.294. The van der Waals surface area contributed by atoms with Gasteiger partial charge >= 0.3 is 0 Å². The maximum Gasteiger partial charge on any atom is 0.119 e. The van der Waals surface area contributed by atoms with Crippen LogP contribution in [0.25, 0.3) is 0 Å². The molecule has 0 aliphatic heterocycles. The number of hydrogen-bond donors (Lipinski definition) is 1. The molecule has 0 spiro atoms. The van der Waals surface area contributed by atoms with E-state index in [1.165, 1.54) is 0 Å². The van der Waals surface area contributed by atoms with E-state index in [1.807, 2.05) is 60.7 Å². The zero-order valence-electron chi connectivity index (χ0n) is 11.4. The van der Waals surface area contributed by atoms with Gasteiger partial charge < -0.3 is 9.84 Å². The van der Waals surface area contributed by atoms with Crippen LogP contribution in [0.1, 0.15) is 18.1 Å². The number of ether oxygens (including phenoxy) is 1. The quantitative estimate of drug-likeness (QED) is 0.747. The van der Waals surface area contributed by atoms with E-state index >= 15 is 0 Å². The van der Waals surface area contributed by atoms with E-state index in [9.17, 15) is 5.11 Å². The second-order valence-corrected chi connectivity index (χ2v) is 5.67. The maximum absolute atomic E-state index is 10.0. The molecule has 2 rings (SSSR count). The topological polar surface area (TPSA) is 29.5 Å². The zero-order chi connectivity index (χ0) is 14.0. The lowest BCUT2D eigenvalue weighted by atomic mass is 10.1. The summed E-state index contributed by atoms with van der Waals surface area (Å²) < 4.78 is 5.62. The Hall–Kier alpha value is -1.45. The van der Waals surface area contributed by atoms with Crippen LogP contribution >= 0.6 is 11.8 Å². The molecule has 0 bridgehead atoms. The Labute approximate surface area is 124 Å². The number of para-hydroxylation sites is 1. The van der Waals surface area contributed by atoms with E-state index in [0.717, 1.165) is 35.8 Å². The van der Waals surface area contributed by atoms with Crippen molar-refractivity contribution in [2.24, 2.45) is 0 Å². The van der Waals surface area contributed by atoms with Gasteiger partial charge in [0.05, 0.1) is 12.7 Å². The largest absolute Gasteiger partial charge is 0.494 e. The van der Waals surface area contributed by atoms with Gasteiger partial charge in [-0.05, 0) is 29.9 Å². The molecule has 3 heteroatoms. The summed E-state index contributed by atoms with van der Waals surface area (Å²) in [4.78, 5) is 0. The lowest BCUT2D eigenvalue weighted by molar-refractivity contribution is 0.204. The number of thioether (sulfide) groups is 1. The molecule has 0 saturated heterocycles. The van der Waals surface area contributed by atoms with Gasteiger partial charge in [-0.15, -0.1) is 0 Å². The molecular formula is C17H20O2S. The highest BCUT2D eigenvalue weighted by Gasteiger charge is 2.06. The summed E-state index contributed by atoms with van der Waals surface area (Å²) in [5.74, 6) is 2.65. The van der Waals surface area contributed by atoms with Gasteiger partial charge in [-0.25, -0.2) is 0 Å². The highest BCUT2D eigenvalue weighted by molar-refractivity contribution is 7.99. The van der Waals surface area contributed by atoms with Crippen molar-refractivity contribution in [3.8, 4) is 5.75 Å². The molecule has 2 nitrogen and oxygen atoms in total. The number of aliphatic hydroxyl groups excluding tert-OH is 1. The monoisotopic (exact) mass is 288 g/mol. The van der Waals surface area contributed by atoms with Crippen LogP contribution in [0, 0.1) is 0 Å². The fourth-order valence-corrected chi connectivity index (χ4v) is 2.74. The van der Waals surface area contributed by atoms with E-state index in [1.54, 1.807) is 11.8 Å². The van der Waals surface area contributed by atoms with Gasteiger partial charge in [0.2, 0.25) is 0 Å². The Morgan fingerprint density at radius 1 is 0.950 bits per heavy atom. The molecule has 0 radical (unpaired) electrons. The number of hydrogen-bond acceptors (Lipinski definition) is 3. The first-order valence-electron chi connectivity index (χ1n) is 6.85. The second-order valence-electron chi connectivity index (χ2n) is 4.52. The molecule has 0 aliphatic carbocycles. The number of aliphatic hydroxyl groups is 1. The van der Waals surface area contributed by atoms with Gasteiger partial charge in [0.1, 0.15) is 5.75 Å². The van der Waals surface area contributed by atoms with Gasteiger partial charge in [0.15, 0.2) is 0 Å². The Balaban J connectivity index is 1.56. The molecule has 0 amide bonds. The van der Waals surface area contributed by atoms with Crippen molar-refractivity contribution in [3.05, 3.63) is 66.2 Å². The Kier molecular flexibility index (Phi) is 6.48. The summed E-state index contributed by atoms with van der Waals surface area (Å²) in [6, 6.07) is 19.7. The number of rotatable bonds is 8. The van der Waals surface area contributed by atoms with Crippen LogP contribution < -0.4 is 4.74 Å². The maximum atomic E-state index is 10.0. The average molecular weight is 288 g/mol. The van der Waals surface area contributed by atoms with E-state index in [0.29, 0.717) is 0 Å². The molecule has 2 aromatic rings.